The quantitative estimate of drug-likeness (QED) is 0.892. The molecule has 1 unspecified atom stereocenters. The molecule has 0 fully saturated rings. The summed E-state index contributed by atoms with van der Waals surface area (Å²) in [6, 6.07) is 7.89. The van der Waals surface area contributed by atoms with Crippen molar-refractivity contribution in [1.82, 2.24) is 15.0 Å². The van der Waals surface area contributed by atoms with Gasteiger partial charge >= 0.3 is 5.97 Å². The highest BCUT2D eigenvalue weighted by atomic mass is 16.4. The number of aromatic nitrogens is 3. The Bertz CT molecular complexity index is 563. The summed E-state index contributed by atoms with van der Waals surface area (Å²) >= 11 is 0. The molecule has 0 aliphatic heterocycles. The molecule has 94 valence electrons. The molecule has 18 heavy (non-hydrogen) atoms. The van der Waals surface area contributed by atoms with E-state index in [1.807, 2.05) is 31.2 Å². The first-order valence-electron chi connectivity index (χ1n) is 5.77. The number of hydrogen-bond donors (Lipinski definition) is 1. The summed E-state index contributed by atoms with van der Waals surface area (Å²) in [6.45, 7) is 3.67. The molecule has 1 aromatic heterocycles. The Morgan fingerprint density at radius 1 is 1.50 bits per heavy atom. The number of carboxylic acids is 1. The van der Waals surface area contributed by atoms with Gasteiger partial charge in [-0.2, -0.15) is 0 Å². The van der Waals surface area contributed by atoms with Gasteiger partial charge in [0.2, 0.25) is 0 Å². The predicted octanol–water partition coefficient (Wildman–Crippen LogP) is 1.84. The van der Waals surface area contributed by atoms with Crippen molar-refractivity contribution in [2.45, 2.75) is 20.3 Å². The number of rotatable bonds is 4. The van der Waals surface area contributed by atoms with Gasteiger partial charge in [-0.1, -0.05) is 24.3 Å². The fourth-order valence-corrected chi connectivity index (χ4v) is 1.69. The van der Waals surface area contributed by atoms with Crippen LogP contribution < -0.4 is 0 Å². The van der Waals surface area contributed by atoms with E-state index in [1.165, 1.54) is 0 Å². The third kappa shape index (κ3) is 2.74. The number of aryl methyl sites for hydroxylation is 1. The van der Waals surface area contributed by atoms with Crippen LogP contribution in [0.2, 0.25) is 0 Å². The Balaban J connectivity index is 2.18. The minimum absolute atomic E-state index is 0.390. The van der Waals surface area contributed by atoms with Crippen LogP contribution in [0.1, 0.15) is 18.2 Å². The van der Waals surface area contributed by atoms with Gasteiger partial charge in [0.1, 0.15) is 0 Å². The first kappa shape index (κ1) is 12.3. The van der Waals surface area contributed by atoms with E-state index in [0.717, 1.165) is 11.3 Å². The third-order valence-electron chi connectivity index (χ3n) is 2.74. The zero-order chi connectivity index (χ0) is 13.1. The van der Waals surface area contributed by atoms with E-state index < -0.39 is 11.9 Å². The van der Waals surface area contributed by atoms with Gasteiger partial charge in [-0.05, 0) is 24.6 Å². The first-order valence-corrected chi connectivity index (χ1v) is 5.77. The standard InChI is InChI=1S/C13H15N3O2/c1-9-4-3-5-12(6-9)16-8-11(14-15-16)7-10(2)13(17)18/h3-6,8,10H,7H2,1-2H3,(H,17,18). The second-order valence-corrected chi connectivity index (χ2v) is 4.44. The molecule has 0 amide bonds. The van der Waals surface area contributed by atoms with Crippen LogP contribution in [0.3, 0.4) is 0 Å². The van der Waals surface area contributed by atoms with Crippen molar-refractivity contribution in [3.05, 3.63) is 41.7 Å². The fraction of sp³-hybridized carbons (Fsp3) is 0.308. The zero-order valence-electron chi connectivity index (χ0n) is 10.4. The highest BCUT2D eigenvalue weighted by Crippen LogP contribution is 2.11. The molecule has 1 aromatic carbocycles. The molecule has 0 aliphatic rings. The summed E-state index contributed by atoms with van der Waals surface area (Å²) < 4.78 is 1.66. The maximum Gasteiger partial charge on any atom is 0.306 e. The molecule has 0 spiro atoms. The average molecular weight is 245 g/mol. The van der Waals surface area contributed by atoms with Crippen molar-refractivity contribution < 1.29 is 9.90 Å². The maximum absolute atomic E-state index is 10.8. The highest BCUT2D eigenvalue weighted by molar-refractivity contribution is 5.69. The number of hydrogen-bond acceptors (Lipinski definition) is 3. The van der Waals surface area contributed by atoms with E-state index in [1.54, 1.807) is 17.8 Å². The van der Waals surface area contributed by atoms with Gasteiger partial charge in [-0.25, -0.2) is 4.68 Å². The Labute approximate surface area is 105 Å². The van der Waals surface area contributed by atoms with E-state index in [4.69, 9.17) is 5.11 Å². The Morgan fingerprint density at radius 3 is 2.94 bits per heavy atom. The summed E-state index contributed by atoms with van der Waals surface area (Å²) in [5.41, 5.74) is 2.76. The first-order chi connectivity index (χ1) is 8.56. The van der Waals surface area contributed by atoms with Gasteiger partial charge in [0.05, 0.1) is 23.5 Å². The Morgan fingerprint density at radius 2 is 2.28 bits per heavy atom. The van der Waals surface area contributed by atoms with E-state index in [-0.39, 0.29) is 0 Å². The average Bonchev–Trinajstić information content (AvgIpc) is 2.77. The molecule has 2 rings (SSSR count). The van der Waals surface area contributed by atoms with Gasteiger partial charge in [0.25, 0.3) is 0 Å². The molecule has 2 aromatic rings. The summed E-state index contributed by atoms with van der Waals surface area (Å²) in [5.74, 6) is -1.27. The van der Waals surface area contributed by atoms with E-state index >= 15 is 0 Å². The molecule has 0 aliphatic carbocycles. The zero-order valence-corrected chi connectivity index (χ0v) is 10.4. The molecule has 1 heterocycles. The summed E-state index contributed by atoms with van der Waals surface area (Å²) in [4.78, 5) is 10.8. The molecule has 1 N–H and O–H groups in total. The number of benzene rings is 1. The van der Waals surface area contributed by atoms with Crippen LogP contribution in [-0.2, 0) is 11.2 Å². The van der Waals surface area contributed by atoms with Gasteiger partial charge < -0.3 is 5.11 Å². The summed E-state index contributed by atoms with van der Waals surface area (Å²) in [7, 11) is 0. The van der Waals surface area contributed by atoms with Crippen LogP contribution in [0.15, 0.2) is 30.5 Å². The Hall–Kier alpha value is -2.17. The van der Waals surface area contributed by atoms with E-state index in [0.29, 0.717) is 12.1 Å². The Kier molecular flexibility index (Phi) is 3.41. The van der Waals surface area contributed by atoms with Crippen molar-refractivity contribution >= 4 is 5.97 Å². The van der Waals surface area contributed by atoms with Crippen LogP contribution in [0.5, 0.6) is 0 Å². The van der Waals surface area contributed by atoms with Crippen molar-refractivity contribution in [3.63, 3.8) is 0 Å². The third-order valence-corrected chi connectivity index (χ3v) is 2.74. The summed E-state index contributed by atoms with van der Waals surface area (Å²) in [6.07, 6.45) is 2.16. The summed E-state index contributed by atoms with van der Waals surface area (Å²) in [5, 5.41) is 16.9. The van der Waals surface area contributed by atoms with Gasteiger partial charge in [0.15, 0.2) is 0 Å². The smallest absolute Gasteiger partial charge is 0.306 e. The minimum atomic E-state index is -0.819. The number of aliphatic carboxylic acids is 1. The number of nitrogens with zero attached hydrogens (tertiary/aromatic N) is 3. The fourth-order valence-electron chi connectivity index (χ4n) is 1.69. The van der Waals surface area contributed by atoms with Gasteiger partial charge in [0, 0.05) is 6.42 Å². The highest BCUT2D eigenvalue weighted by Gasteiger charge is 2.14. The molecule has 1 atom stereocenters. The maximum atomic E-state index is 10.8. The minimum Gasteiger partial charge on any atom is -0.481 e. The van der Waals surface area contributed by atoms with Crippen LogP contribution >= 0.6 is 0 Å². The van der Waals surface area contributed by atoms with Crippen molar-refractivity contribution in [2.75, 3.05) is 0 Å². The van der Waals surface area contributed by atoms with Crippen LogP contribution in [0.4, 0.5) is 0 Å². The molecule has 5 heteroatoms. The lowest BCUT2D eigenvalue weighted by Gasteiger charge is -2.02. The lowest BCUT2D eigenvalue weighted by Crippen LogP contribution is -2.12. The topological polar surface area (TPSA) is 68.0 Å². The monoisotopic (exact) mass is 245 g/mol. The van der Waals surface area contributed by atoms with Crippen molar-refractivity contribution in [2.24, 2.45) is 5.92 Å². The van der Waals surface area contributed by atoms with Gasteiger partial charge in [-0.3, -0.25) is 4.79 Å². The molecular formula is C13H15N3O2. The van der Waals surface area contributed by atoms with E-state index in [2.05, 4.69) is 10.3 Å². The number of carbonyl (C=O) groups is 1. The van der Waals surface area contributed by atoms with Crippen molar-refractivity contribution in [1.29, 1.82) is 0 Å². The second-order valence-electron chi connectivity index (χ2n) is 4.44. The largest absolute Gasteiger partial charge is 0.481 e. The molecular weight excluding hydrogens is 230 g/mol. The predicted molar refractivity (Wildman–Crippen MR) is 66.6 cm³/mol. The van der Waals surface area contributed by atoms with Crippen LogP contribution in [0.25, 0.3) is 5.69 Å². The van der Waals surface area contributed by atoms with Crippen LogP contribution in [-0.4, -0.2) is 26.1 Å². The molecule has 0 saturated carbocycles. The van der Waals surface area contributed by atoms with Gasteiger partial charge in [-0.15, -0.1) is 5.10 Å². The molecule has 0 saturated heterocycles. The molecule has 5 nitrogen and oxygen atoms in total. The molecule has 0 radical (unpaired) electrons. The van der Waals surface area contributed by atoms with Crippen LogP contribution in [0, 0.1) is 12.8 Å². The second kappa shape index (κ2) is 5.00. The lowest BCUT2D eigenvalue weighted by molar-refractivity contribution is -0.141. The lowest BCUT2D eigenvalue weighted by atomic mass is 10.1. The number of carboxylic acid groups (broad SMARTS) is 1. The van der Waals surface area contributed by atoms with E-state index in [9.17, 15) is 4.79 Å². The van der Waals surface area contributed by atoms with Crippen molar-refractivity contribution in [3.8, 4) is 5.69 Å². The SMILES string of the molecule is Cc1cccc(-n2cc(CC(C)C(=O)O)nn2)c1. The molecule has 0 bridgehead atoms. The normalized spacial score (nSPS) is 12.3.